The first-order chi connectivity index (χ1) is 12.5. The number of aliphatic hydroxyl groups excluding tert-OH is 2. The quantitative estimate of drug-likeness (QED) is 0.504. The zero-order chi connectivity index (χ0) is 19.1. The first-order valence-corrected chi connectivity index (χ1v) is 8.11. The van der Waals surface area contributed by atoms with E-state index in [9.17, 15) is 24.7 Å². The molecule has 0 bridgehead atoms. The lowest BCUT2D eigenvalue weighted by Crippen LogP contribution is -2.46. The highest BCUT2D eigenvalue weighted by Gasteiger charge is 2.33. The molecule has 0 aromatic heterocycles. The molecule has 0 aliphatic carbocycles. The minimum absolute atomic E-state index is 0.0642. The maximum atomic E-state index is 12.5. The first kappa shape index (κ1) is 19.5. The van der Waals surface area contributed by atoms with E-state index in [-0.39, 0.29) is 13.0 Å². The summed E-state index contributed by atoms with van der Waals surface area (Å²) in [6, 6.07) is 13.1. The molecule has 0 saturated carbocycles. The summed E-state index contributed by atoms with van der Waals surface area (Å²) in [5.74, 6) is -2.22. The number of nitroso groups, excluding NO2 is 1. The Balaban J connectivity index is 2.29. The van der Waals surface area contributed by atoms with Gasteiger partial charge in [0, 0.05) is 7.05 Å². The van der Waals surface area contributed by atoms with Gasteiger partial charge in [0.15, 0.2) is 0 Å². The lowest BCUT2D eigenvalue weighted by Gasteiger charge is -2.23. The van der Waals surface area contributed by atoms with Crippen LogP contribution in [0.5, 0.6) is 0 Å². The maximum absolute atomic E-state index is 12.5. The summed E-state index contributed by atoms with van der Waals surface area (Å²) >= 11 is 0. The number of benzene rings is 2. The van der Waals surface area contributed by atoms with Crippen LogP contribution in [0.25, 0.3) is 10.8 Å². The van der Waals surface area contributed by atoms with Gasteiger partial charge in [0.05, 0.1) is 12.5 Å². The minimum Gasteiger partial charge on any atom is -0.387 e. The number of nitrogens with one attached hydrogen (secondary N) is 2. The van der Waals surface area contributed by atoms with Gasteiger partial charge >= 0.3 is 0 Å². The molecule has 2 aromatic rings. The first-order valence-electron chi connectivity index (χ1n) is 8.11. The third-order valence-electron chi connectivity index (χ3n) is 4.18. The highest BCUT2D eigenvalue weighted by atomic mass is 16.4. The van der Waals surface area contributed by atoms with Gasteiger partial charge in [0.1, 0.15) is 6.10 Å². The Morgan fingerprint density at radius 2 is 1.81 bits per heavy atom. The van der Waals surface area contributed by atoms with Gasteiger partial charge in [0.2, 0.25) is 18.0 Å². The lowest BCUT2D eigenvalue weighted by molar-refractivity contribution is -0.133. The Hall–Kier alpha value is -2.84. The van der Waals surface area contributed by atoms with Crippen LogP contribution in [0.1, 0.15) is 5.56 Å². The summed E-state index contributed by atoms with van der Waals surface area (Å²) in [7, 11) is 1.43. The van der Waals surface area contributed by atoms with Gasteiger partial charge in [-0.3, -0.25) is 9.59 Å². The van der Waals surface area contributed by atoms with Gasteiger partial charge in [-0.25, -0.2) is 0 Å². The molecular weight excluding hydrogens is 338 g/mol. The van der Waals surface area contributed by atoms with Crippen molar-refractivity contribution in [2.75, 3.05) is 13.6 Å². The standard InChI is InChI=1S/C18H21N3O5/c1-19-15(22)10-20-17(24)14(16(23)18(25)21-26)9-12-7-4-6-11-5-2-3-8-13(11)12/h2-8,14,16,18,23,25H,9-10H2,1H3,(H,19,22)(H,20,24)/t14-,16+,18?/m1/s1. The molecule has 0 spiro atoms. The van der Waals surface area contributed by atoms with Gasteiger partial charge < -0.3 is 20.8 Å². The van der Waals surface area contributed by atoms with Crippen LogP contribution in [0.2, 0.25) is 0 Å². The monoisotopic (exact) mass is 359 g/mol. The summed E-state index contributed by atoms with van der Waals surface area (Å²) in [5, 5.41) is 28.8. The Bertz CT molecular complexity index is 790. The van der Waals surface area contributed by atoms with Gasteiger partial charge in [0.25, 0.3) is 0 Å². The van der Waals surface area contributed by atoms with E-state index >= 15 is 0 Å². The van der Waals surface area contributed by atoms with E-state index in [1.165, 1.54) is 7.05 Å². The van der Waals surface area contributed by atoms with E-state index in [1.807, 2.05) is 36.4 Å². The number of rotatable bonds is 8. The molecule has 0 aliphatic rings. The van der Waals surface area contributed by atoms with E-state index < -0.39 is 30.1 Å². The number of amides is 2. The van der Waals surface area contributed by atoms with Gasteiger partial charge in [-0.2, -0.15) is 0 Å². The number of hydrogen-bond acceptors (Lipinski definition) is 6. The van der Waals surface area contributed by atoms with Crippen molar-refractivity contribution in [3.8, 4) is 0 Å². The molecule has 0 fully saturated rings. The van der Waals surface area contributed by atoms with Crippen molar-refractivity contribution < 1.29 is 19.8 Å². The molecule has 2 aromatic carbocycles. The SMILES string of the molecule is CNC(=O)CNC(=O)[C@H](Cc1cccc2ccccc12)[C@H](O)C(O)N=O. The molecule has 8 nitrogen and oxygen atoms in total. The molecular formula is C18H21N3O5. The second-order valence-corrected chi connectivity index (χ2v) is 5.85. The highest BCUT2D eigenvalue weighted by molar-refractivity contribution is 5.88. The number of carbonyl (C=O) groups is 2. The summed E-state index contributed by atoms with van der Waals surface area (Å²) in [5.41, 5.74) is 0.764. The van der Waals surface area contributed by atoms with Crippen LogP contribution >= 0.6 is 0 Å². The molecule has 2 amide bonds. The molecule has 1 unspecified atom stereocenters. The topological polar surface area (TPSA) is 128 Å². The molecule has 0 heterocycles. The maximum Gasteiger partial charge on any atom is 0.239 e. The van der Waals surface area contributed by atoms with Crippen LogP contribution in [0.15, 0.2) is 47.6 Å². The summed E-state index contributed by atoms with van der Waals surface area (Å²) in [6.45, 7) is -0.279. The van der Waals surface area contributed by atoms with Crippen LogP contribution in [0.3, 0.4) is 0 Å². The Labute approximate surface area is 150 Å². The zero-order valence-electron chi connectivity index (χ0n) is 14.3. The predicted octanol–water partition coefficient (Wildman–Crippen LogP) is 0.306. The van der Waals surface area contributed by atoms with Gasteiger partial charge in [-0.1, -0.05) is 42.5 Å². The van der Waals surface area contributed by atoms with Crippen LogP contribution in [-0.4, -0.2) is 48.0 Å². The molecule has 0 saturated heterocycles. The number of hydrogen-bond donors (Lipinski definition) is 4. The zero-order valence-corrected chi connectivity index (χ0v) is 14.3. The fraction of sp³-hybridized carbons (Fsp3) is 0.333. The fourth-order valence-corrected chi connectivity index (χ4v) is 2.73. The third kappa shape index (κ3) is 4.62. The number of nitrogens with zero attached hydrogens (tertiary/aromatic N) is 1. The molecule has 26 heavy (non-hydrogen) atoms. The molecule has 138 valence electrons. The van der Waals surface area contributed by atoms with Crippen molar-refractivity contribution in [3.05, 3.63) is 52.9 Å². The van der Waals surface area contributed by atoms with Crippen LogP contribution < -0.4 is 10.6 Å². The number of carbonyl (C=O) groups excluding carboxylic acids is 2. The van der Waals surface area contributed by atoms with Crippen LogP contribution in [-0.2, 0) is 16.0 Å². The molecule has 2 rings (SSSR count). The second kappa shape index (κ2) is 9.02. The van der Waals surface area contributed by atoms with Crippen molar-refractivity contribution in [1.82, 2.24) is 10.6 Å². The Morgan fingerprint density at radius 1 is 1.12 bits per heavy atom. The van der Waals surface area contributed by atoms with E-state index in [4.69, 9.17) is 0 Å². The van der Waals surface area contributed by atoms with E-state index in [2.05, 4.69) is 15.8 Å². The molecule has 8 heteroatoms. The van der Waals surface area contributed by atoms with Crippen molar-refractivity contribution >= 4 is 22.6 Å². The van der Waals surface area contributed by atoms with Crippen LogP contribution in [0.4, 0.5) is 0 Å². The fourth-order valence-electron chi connectivity index (χ4n) is 2.73. The van der Waals surface area contributed by atoms with Gasteiger partial charge in [-0.05, 0) is 27.9 Å². The normalized spacial score (nSPS) is 14.3. The number of likely N-dealkylation sites (N-methyl/N-ethyl adjacent to an activating group) is 1. The average Bonchev–Trinajstić information content (AvgIpc) is 2.68. The molecule has 3 atom stereocenters. The van der Waals surface area contributed by atoms with Gasteiger partial charge in [-0.15, -0.1) is 4.91 Å². The third-order valence-corrected chi connectivity index (χ3v) is 4.18. The Kier molecular flexibility index (Phi) is 6.76. The van der Waals surface area contributed by atoms with E-state index in [0.717, 1.165) is 16.3 Å². The molecule has 0 radical (unpaired) electrons. The molecule has 0 aliphatic heterocycles. The lowest BCUT2D eigenvalue weighted by atomic mass is 9.89. The summed E-state index contributed by atoms with van der Waals surface area (Å²) < 4.78 is 0. The average molecular weight is 359 g/mol. The molecule has 4 N–H and O–H groups in total. The van der Waals surface area contributed by atoms with Crippen molar-refractivity contribution in [2.45, 2.75) is 18.8 Å². The van der Waals surface area contributed by atoms with E-state index in [1.54, 1.807) is 6.07 Å². The highest BCUT2D eigenvalue weighted by Crippen LogP contribution is 2.23. The summed E-state index contributed by atoms with van der Waals surface area (Å²) in [6.07, 6.45) is -3.58. The smallest absolute Gasteiger partial charge is 0.239 e. The summed E-state index contributed by atoms with van der Waals surface area (Å²) in [4.78, 5) is 34.4. The minimum atomic E-state index is -1.94. The van der Waals surface area contributed by atoms with Crippen LogP contribution in [0, 0.1) is 10.8 Å². The largest absolute Gasteiger partial charge is 0.387 e. The number of fused-ring (bicyclic) bond motifs is 1. The predicted molar refractivity (Wildman–Crippen MR) is 96.0 cm³/mol. The Morgan fingerprint density at radius 3 is 2.50 bits per heavy atom. The van der Waals surface area contributed by atoms with E-state index in [0.29, 0.717) is 0 Å². The van der Waals surface area contributed by atoms with Crippen molar-refractivity contribution in [3.63, 3.8) is 0 Å². The second-order valence-electron chi connectivity index (χ2n) is 5.85. The van der Waals surface area contributed by atoms with Crippen molar-refractivity contribution in [1.29, 1.82) is 0 Å². The van der Waals surface area contributed by atoms with Crippen molar-refractivity contribution in [2.24, 2.45) is 11.1 Å². The number of aliphatic hydroxyl groups is 2.